The molecule has 0 saturated heterocycles. The van der Waals surface area contributed by atoms with E-state index < -0.39 is 0 Å². The van der Waals surface area contributed by atoms with Crippen molar-refractivity contribution in [3.63, 3.8) is 0 Å². The van der Waals surface area contributed by atoms with E-state index >= 15 is 0 Å². The number of hydrogen-bond acceptors (Lipinski definition) is 1. The fourth-order valence-corrected chi connectivity index (χ4v) is 5.11. The zero-order valence-electron chi connectivity index (χ0n) is 16.4. The lowest BCUT2D eigenvalue weighted by atomic mass is 9.94. The first kappa shape index (κ1) is 16.1. The van der Waals surface area contributed by atoms with Crippen molar-refractivity contribution < 1.29 is 4.74 Å². The molecular weight excluding hydrogens is 366 g/mol. The molecule has 1 aliphatic heterocycles. The van der Waals surface area contributed by atoms with Crippen LogP contribution in [-0.2, 0) is 0 Å². The third kappa shape index (κ3) is 2.08. The molecule has 7 rings (SSSR count). The second-order valence-electron chi connectivity index (χ2n) is 8.08. The van der Waals surface area contributed by atoms with Gasteiger partial charge in [0.15, 0.2) is 0 Å². The first-order valence-corrected chi connectivity index (χ1v) is 10.5. The smallest absolute Gasteiger partial charge is 0.136 e. The van der Waals surface area contributed by atoms with Gasteiger partial charge in [0.2, 0.25) is 0 Å². The second kappa shape index (κ2) is 5.87. The average Bonchev–Trinajstić information content (AvgIpc) is 3.12. The van der Waals surface area contributed by atoms with E-state index in [-0.39, 0.29) is 0 Å². The highest BCUT2D eigenvalue weighted by atomic mass is 16.5. The predicted octanol–water partition coefficient (Wildman–Crippen LogP) is 5.91. The molecular formula is C28H19NO. The Bertz CT molecular complexity index is 1600. The molecule has 2 nitrogen and oxygen atoms in total. The largest absolute Gasteiger partial charge is 0.456 e. The van der Waals surface area contributed by atoms with Gasteiger partial charge in [-0.05, 0) is 54.1 Å². The van der Waals surface area contributed by atoms with Crippen molar-refractivity contribution in [2.75, 3.05) is 0 Å². The molecule has 0 fully saturated rings. The van der Waals surface area contributed by atoms with Crippen molar-refractivity contribution in [1.82, 2.24) is 4.57 Å². The quantitative estimate of drug-likeness (QED) is 0.343. The summed E-state index contributed by atoms with van der Waals surface area (Å²) in [7, 11) is 0. The summed E-state index contributed by atoms with van der Waals surface area (Å²) in [5.41, 5.74) is 4.85. The molecule has 0 spiro atoms. The molecule has 0 atom stereocenters. The van der Waals surface area contributed by atoms with E-state index in [1.54, 1.807) is 0 Å². The van der Waals surface area contributed by atoms with Crippen LogP contribution >= 0.6 is 0 Å². The van der Waals surface area contributed by atoms with Gasteiger partial charge in [0.05, 0.1) is 5.52 Å². The van der Waals surface area contributed by atoms with Crippen molar-refractivity contribution in [3.8, 4) is 28.3 Å². The van der Waals surface area contributed by atoms with Crippen LogP contribution in [0.25, 0.3) is 50.6 Å². The minimum Gasteiger partial charge on any atom is -0.456 e. The summed E-state index contributed by atoms with van der Waals surface area (Å²) in [5, 5.41) is 6.29. The van der Waals surface area contributed by atoms with E-state index in [0.29, 0.717) is 0 Å². The Hall–Kier alpha value is -3.78. The predicted molar refractivity (Wildman–Crippen MR) is 124 cm³/mol. The van der Waals surface area contributed by atoms with Gasteiger partial charge in [0.25, 0.3) is 0 Å². The van der Waals surface area contributed by atoms with Gasteiger partial charge < -0.3 is 9.30 Å². The molecule has 1 aromatic heterocycles. The van der Waals surface area contributed by atoms with Gasteiger partial charge in [-0.3, -0.25) is 0 Å². The lowest BCUT2D eigenvalue weighted by molar-refractivity contribution is 0.488. The van der Waals surface area contributed by atoms with Gasteiger partial charge in [0.1, 0.15) is 11.5 Å². The SMILES string of the molecule is C1=c2c(n(-c3ccccc3)c3cc4c(cc23)Oc2cccc3cccc-4c23)=CCC1. The summed E-state index contributed by atoms with van der Waals surface area (Å²) in [6, 6.07) is 28.1. The van der Waals surface area contributed by atoms with E-state index in [1.165, 1.54) is 49.1 Å². The number of aromatic nitrogens is 1. The van der Waals surface area contributed by atoms with Crippen molar-refractivity contribution >= 4 is 33.8 Å². The molecule has 2 aliphatic rings. The Kier molecular flexibility index (Phi) is 3.14. The summed E-state index contributed by atoms with van der Waals surface area (Å²) < 4.78 is 8.83. The molecule has 0 saturated carbocycles. The van der Waals surface area contributed by atoms with Crippen LogP contribution in [0.15, 0.2) is 78.9 Å². The number of para-hydroxylation sites is 1. The summed E-state index contributed by atoms with van der Waals surface area (Å²) in [6.07, 6.45) is 6.91. The fraction of sp³-hybridized carbons (Fsp3) is 0.0714. The summed E-state index contributed by atoms with van der Waals surface area (Å²) >= 11 is 0. The number of rotatable bonds is 1. The van der Waals surface area contributed by atoms with Crippen molar-refractivity contribution in [2.45, 2.75) is 12.8 Å². The number of ether oxygens (including phenoxy) is 1. The lowest BCUT2D eigenvalue weighted by Crippen LogP contribution is -2.30. The maximum atomic E-state index is 6.43. The van der Waals surface area contributed by atoms with E-state index in [9.17, 15) is 0 Å². The van der Waals surface area contributed by atoms with Gasteiger partial charge in [-0.1, -0.05) is 60.7 Å². The Morgan fingerprint density at radius 1 is 0.700 bits per heavy atom. The highest BCUT2D eigenvalue weighted by Crippen LogP contribution is 2.47. The monoisotopic (exact) mass is 385 g/mol. The molecule has 142 valence electrons. The Balaban J connectivity index is 1.64. The maximum Gasteiger partial charge on any atom is 0.136 e. The van der Waals surface area contributed by atoms with Crippen molar-refractivity contribution in [2.24, 2.45) is 0 Å². The van der Waals surface area contributed by atoms with Crippen LogP contribution in [-0.4, -0.2) is 4.57 Å². The van der Waals surface area contributed by atoms with Gasteiger partial charge in [0, 0.05) is 32.6 Å². The van der Waals surface area contributed by atoms with Crippen LogP contribution in [0.4, 0.5) is 0 Å². The standard InChI is InChI=1S/C28H19NO/c1-2-10-19(11-3-1)29-24-14-5-4-12-20(24)22-17-27-23(16-25(22)29)21-13-6-8-18-9-7-15-26(30-27)28(18)21/h1-3,6-17H,4-5H2. The number of nitrogens with zero attached hydrogens (tertiary/aromatic N) is 1. The third-order valence-corrected chi connectivity index (χ3v) is 6.39. The van der Waals surface area contributed by atoms with Crippen LogP contribution in [0, 0.1) is 0 Å². The molecule has 2 heterocycles. The number of hydrogen-bond donors (Lipinski definition) is 0. The average molecular weight is 385 g/mol. The van der Waals surface area contributed by atoms with Gasteiger partial charge in [-0.2, -0.15) is 0 Å². The molecule has 0 N–H and O–H groups in total. The minimum atomic E-state index is 0.945. The maximum absolute atomic E-state index is 6.43. The van der Waals surface area contributed by atoms with Gasteiger partial charge >= 0.3 is 0 Å². The highest BCUT2D eigenvalue weighted by molar-refractivity contribution is 6.06. The van der Waals surface area contributed by atoms with E-state index in [2.05, 4.69) is 95.6 Å². The first-order chi connectivity index (χ1) is 14.9. The molecule has 0 radical (unpaired) electrons. The molecule has 0 bridgehead atoms. The Morgan fingerprint density at radius 3 is 2.43 bits per heavy atom. The van der Waals surface area contributed by atoms with E-state index in [1.807, 2.05) is 0 Å². The minimum absolute atomic E-state index is 0.945. The highest BCUT2D eigenvalue weighted by Gasteiger charge is 2.22. The van der Waals surface area contributed by atoms with Crippen LogP contribution < -0.4 is 15.3 Å². The Morgan fingerprint density at radius 2 is 1.53 bits per heavy atom. The van der Waals surface area contributed by atoms with Crippen LogP contribution in [0.1, 0.15) is 12.8 Å². The topological polar surface area (TPSA) is 14.2 Å². The zero-order chi connectivity index (χ0) is 19.7. The van der Waals surface area contributed by atoms with E-state index in [4.69, 9.17) is 4.74 Å². The van der Waals surface area contributed by atoms with Crippen molar-refractivity contribution in [1.29, 1.82) is 0 Å². The number of benzene rings is 4. The van der Waals surface area contributed by atoms with Gasteiger partial charge in [-0.25, -0.2) is 0 Å². The molecule has 0 unspecified atom stereocenters. The lowest BCUT2D eigenvalue weighted by Gasteiger charge is -2.21. The normalized spacial score (nSPS) is 13.9. The Labute approximate surface area is 174 Å². The number of fused-ring (bicyclic) bond motifs is 5. The second-order valence-corrected chi connectivity index (χ2v) is 8.08. The third-order valence-electron chi connectivity index (χ3n) is 6.39. The molecule has 2 heteroatoms. The zero-order valence-corrected chi connectivity index (χ0v) is 16.4. The van der Waals surface area contributed by atoms with Crippen LogP contribution in [0.2, 0.25) is 0 Å². The molecule has 1 aliphatic carbocycles. The molecule has 5 aromatic rings. The van der Waals surface area contributed by atoms with Crippen LogP contribution in [0.3, 0.4) is 0 Å². The van der Waals surface area contributed by atoms with Crippen molar-refractivity contribution in [3.05, 3.63) is 89.4 Å². The molecule has 4 aromatic carbocycles. The fourth-order valence-electron chi connectivity index (χ4n) is 5.11. The van der Waals surface area contributed by atoms with Crippen LogP contribution in [0.5, 0.6) is 11.5 Å². The first-order valence-electron chi connectivity index (χ1n) is 10.5. The van der Waals surface area contributed by atoms with E-state index in [0.717, 1.165) is 24.3 Å². The molecule has 0 amide bonds. The summed E-state index contributed by atoms with van der Waals surface area (Å²) in [4.78, 5) is 0. The summed E-state index contributed by atoms with van der Waals surface area (Å²) in [5.74, 6) is 1.89. The molecule has 30 heavy (non-hydrogen) atoms. The van der Waals surface area contributed by atoms with Gasteiger partial charge in [-0.15, -0.1) is 0 Å². The summed E-state index contributed by atoms with van der Waals surface area (Å²) in [6.45, 7) is 0.